The Hall–Kier alpha value is -2.71. The summed E-state index contributed by atoms with van der Waals surface area (Å²) in [6.07, 6.45) is 5.06. The van der Waals surface area contributed by atoms with Crippen molar-refractivity contribution < 1.29 is 4.84 Å². The van der Waals surface area contributed by atoms with Crippen molar-refractivity contribution in [2.45, 2.75) is 63.7 Å². The average Bonchev–Trinajstić information content (AvgIpc) is 3.62. The number of hydroxylamine groups is 1. The van der Waals surface area contributed by atoms with Gasteiger partial charge >= 0.3 is 0 Å². The number of halogens is 1. The number of hydrogen-bond donors (Lipinski definition) is 2. The number of nitrogens with zero attached hydrogens (tertiary/aromatic N) is 4. The average molecular weight is 519 g/mol. The Kier molecular flexibility index (Phi) is 7.04. The summed E-state index contributed by atoms with van der Waals surface area (Å²) < 4.78 is 0. The summed E-state index contributed by atoms with van der Waals surface area (Å²) in [6.45, 7) is 8.21. The van der Waals surface area contributed by atoms with Crippen LogP contribution in [0.25, 0.3) is 0 Å². The molecular weight excluding hydrogens is 484 g/mol. The van der Waals surface area contributed by atoms with E-state index < -0.39 is 0 Å². The van der Waals surface area contributed by atoms with E-state index in [1.54, 1.807) is 6.20 Å². The molecule has 3 heterocycles. The second kappa shape index (κ2) is 10.6. The smallest absolute Gasteiger partial charge is 0.229 e. The van der Waals surface area contributed by atoms with Crippen molar-refractivity contribution in [3.63, 3.8) is 0 Å². The Labute approximate surface area is 224 Å². The van der Waals surface area contributed by atoms with E-state index in [9.17, 15) is 0 Å². The molecule has 0 amide bonds. The van der Waals surface area contributed by atoms with Crippen molar-refractivity contribution in [1.82, 2.24) is 20.2 Å². The lowest BCUT2D eigenvalue weighted by Gasteiger charge is -2.36. The van der Waals surface area contributed by atoms with Crippen molar-refractivity contribution in [2.24, 2.45) is 0 Å². The minimum Gasteiger partial charge on any atom is -0.324 e. The van der Waals surface area contributed by atoms with E-state index >= 15 is 0 Å². The summed E-state index contributed by atoms with van der Waals surface area (Å²) in [7, 11) is 0. The van der Waals surface area contributed by atoms with Gasteiger partial charge in [0.1, 0.15) is 5.02 Å². The summed E-state index contributed by atoms with van der Waals surface area (Å²) in [6, 6.07) is 18.3. The van der Waals surface area contributed by atoms with Crippen LogP contribution in [0, 0.1) is 0 Å². The Bertz CT molecular complexity index is 1230. The molecule has 1 saturated carbocycles. The standard InChI is InChI=1S/C29H35ClN6O/c1-19-16-35(17-20(2)32-19)18-21-12-24(22-8-9-22)14-25(13-21)33-29-31-15-26(30)28(34-29)36-27(10-11-37-36)23-6-4-3-5-7-23/h3-7,12-15,19-20,22,27,32H,8-11,16-18H2,1-2H3,(H,31,33,34)/t19-,20+,27-/m0/s1. The molecule has 2 saturated heterocycles. The zero-order chi connectivity index (χ0) is 25.4. The van der Waals surface area contributed by atoms with E-state index in [-0.39, 0.29) is 6.04 Å². The molecule has 0 unspecified atom stereocenters. The Morgan fingerprint density at radius 2 is 1.81 bits per heavy atom. The molecule has 3 aliphatic rings. The summed E-state index contributed by atoms with van der Waals surface area (Å²) >= 11 is 6.58. The van der Waals surface area contributed by atoms with Gasteiger partial charge < -0.3 is 10.6 Å². The van der Waals surface area contributed by atoms with Crippen molar-refractivity contribution >= 4 is 29.1 Å². The minimum atomic E-state index is 0.0649. The van der Waals surface area contributed by atoms with Crippen LogP contribution in [0.3, 0.4) is 0 Å². The molecular formula is C29H35ClN6O. The van der Waals surface area contributed by atoms with Crippen molar-refractivity contribution in [3.05, 3.63) is 76.4 Å². The second-order valence-corrected chi connectivity index (χ2v) is 11.2. The molecule has 37 heavy (non-hydrogen) atoms. The molecule has 0 spiro atoms. The van der Waals surface area contributed by atoms with Crippen LogP contribution < -0.4 is 15.7 Å². The van der Waals surface area contributed by atoms with Crippen molar-refractivity contribution in [1.29, 1.82) is 0 Å². The third kappa shape index (κ3) is 5.75. The quantitative estimate of drug-likeness (QED) is 0.408. The van der Waals surface area contributed by atoms with Gasteiger partial charge in [-0.05, 0) is 61.4 Å². The summed E-state index contributed by atoms with van der Waals surface area (Å²) in [5.41, 5.74) is 4.93. The third-order valence-electron chi connectivity index (χ3n) is 7.38. The van der Waals surface area contributed by atoms with E-state index in [0.717, 1.165) is 31.7 Å². The molecule has 0 bridgehead atoms. The fraction of sp³-hybridized carbons (Fsp3) is 0.448. The first-order valence-corrected chi connectivity index (χ1v) is 13.8. The van der Waals surface area contributed by atoms with Crippen LogP contribution in [0.15, 0.2) is 54.7 Å². The number of piperazine rings is 1. The highest BCUT2D eigenvalue weighted by Gasteiger charge is 2.31. The van der Waals surface area contributed by atoms with Crippen LogP contribution in [-0.2, 0) is 11.4 Å². The van der Waals surface area contributed by atoms with Gasteiger partial charge in [0.05, 0.1) is 18.8 Å². The highest BCUT2D eigenvalue weighted by atomic mass is 35.5. The Balaban J connectivity index is 1.24. The van der Waals surface area contributed by atoms with Gasteiger partial charge in [-0.25, -0.2) is 10.0 Å². The minimum absolute atomic E-state index is 0.0649. The number of nitrogens with one attached hydrogen (secondary N) is 2. The van der Waals surface area contributed by atoms with Crippen LogP contribution in [0.1, 0.15) is 61.8 Å². The number of aromatic nitrogens is 2. The molecule has 1 aromatic heterocycles. The van der Waals surface area contributed by atoms with E-state index in [2.05, 4.69) is 64.7 Å². The molecule has 3 aromatic rings. The lowest BCUT2D eigenvalue weighted by molar-refractivity contribution is 0.157. The molecule has 3 atom stereocenters. The first kappa shape index (κ1) is 24.6. The molecule has 0 radical (unpaired) electrons. The van der Waals surface area contributed by atoms with Crippen LogP contribution in [0.2, 0.25) is 5.02 Å². The van der Waals surface area contributed by atoms with Crippen LogP contribution in [0.5, 0.6) is 0 Å². The third-order valence-corrected chi connectivity index (χ3v) is 7.65. The highest BCUT2D eigenvalue weighted by Crippen LogP contribution is 2.42. The molecule has 8 heteroatoms. The normalized spacial score (nSPS) is 24.4. The zero-order valence-electron chi connectivity index (χ0n) is 21.5. The van der Waals surface area contributed by atoms with Crippen LogP contribution in [-0.4, -0.2) is 46.6 Å². The first-order valence-electron chi connectivity index (χ1n) is 13.4. The largest absolute Gasteiger partial charge is 0.324 e. The molecule has 3 fully saturated rings. The van der Waals surface area contributed by atoms with Crippen molar-refractivity contribution in [3.8, 4) is 0 Å². The number of anilines is 3. The SMILES string of the molecule is C[C@@H]1CN(Cc2cc(Nc3ncc(Cl)c(N4OCC[C@H]4c4ccccc4)n3)cc(C3CC3)c2)C[C@H](C)N1. The van der Waals surface area contributed by atoms with Crippen molar-refractivity contribution in [2.75, 3.05) is 30.1 Å². The Morgan fingerprint density at radius 1 is 1.03 bits per heavy atom. The highest BCUT2D eigenvalue weighted by molar-refractivity contribution is 6.32. The molecule has 6 rings (SSSR count). The zero-order valence-corrected chi connectivity index (χ0v) is 22.3. The van der Waals surface area contributed by atoms with Gasteiger partial charge in [0.25, 0.3) is 0 Å². The molecule has 2 aromatic carbocycles. The molecule has 2 aliphatic heterocycles. The van der Waals surface area contributed by atoms with Gasteiger partial charge in [0.2, 0.25) is 5.95 Å². The van der Waals surface area contributed by atoms with Gasteiger partial charge in [0.15, 0.2) is 5.82 Å². The van der Waals surface area contributed by atoms with Gasteiger partial charge in [0, 0.05) is 43.8 Å². The fourth-order valence-electron chi connectivity index (χ4n) is 5.72. The number of hydrogen-bond acceptors (Lipinski definition) is 7. The van der Waals surface area contributed by atoms with E-state index in [1.807, 2.05) is 23.3 Å². The fourth-order valence-corrected chi connectivity index (χ4v) is 5.89. The lowest BCUT2D eigenvalue weighted by Crippen LogP contribution is -2.53. The maximum Gasteiger partial charge on any atom is 0.229 e. The summed E-state index contributed by atoms with van der Waals surface area (Å²) in [4.78, 5) is 17.9. The van der Waals surface area contributed by atoms with E-state index in [4.69, 9.17) is 21.4 Å². The van der Waals surface area contributed by atoms with Gasteiger partial charge in [-0.3, -0.25) is 9.74 Å². The van der Waals surface area contributed by atoms with E-state index in [1.165, 1.54) is 29.5 Å². The van der Waals surface area contributed by atoms with Crippen LogP contribution >= 0.6 is 11.6 Å². The predicted octanol–water partition coefficient (Wildman–Crippen LogP) is 5.82. The van der Waals surface area contributed by atoms with Gasteiger partial charge in [-0.2, -0.15) is 4.98 Å². The molecule has 194 valence electrons. The monoisotopic (exact) mass is 518 g/mol. The van der Waals surface area contributed by atoms with Gasteiger partial charge in [-0.15, -0.1) is 0 Å². The van der Waals surface area contributed by atoms with Crippen LogP contribution in [0.4, 0.5) is 17.5 Å². The summed E-state index contributed by atoms with van der Waals surface area (Å²) in [5.74, 6) is 1.77. The molecule has 7 nitrogen and oxygen atoms in total. The summed E-state index contributed by atoms with van der Waals surface area (Å²) in [5, 5.41) is 9.41. The van der Waals surface area contributed by atoms with E-state index in [0.29, 0.717) is 41.4 Å². The predicted molar refractivity (Wildman–Crippen MR) is 148 cm³/mol. The maximum absolute atomic E-state index is 6.58. The lowest BCUT2D eigenvalue weighted by atomic mass is 10.0. The second-order valence-electron chi connectivity index (χ2n) is 10.8. The number of benzene rings is 2. The first-order chi connectivity index (χ1) is 18.0. The topological polar surface area (TPSA) is 65.5 Å². The number of rotatable bonds is 7. The van der Waals surface area contributed by atoms with Gasteiger partial charge in [-0.1, -0.05) is 48.0 Å². The Morgan fingerprint density at radius 3 is 2.57 bits per heavy atom. The maximum atomic E-state index is 6.58. The molecule has 1 aliphatic carbocycles. The molecule has 2 N–H and O–H groups in total.